The molecular formula is C20H27N5O4. The third kappa shape index (κ3) is 4.69. The summed E-state index contributed by atoms with van der Waals surface area (Å²) in [5.74, 6) is 3.04. The fraction of sp³-hybridized carbons (Fsp3) is 0.500. The summed E-state index contributed by atoms with van der Waals surface area (Å²) in [6.45, 7) is 5.56. The molecule has 1 aromatic heterocycles. The van der Waals surface area contributed by atoms with E-state index in [2.05, 4.69) is 31.9 Å². The minimum absolute atomic E-state index is 0.0118. The lowest BCUT2D eigenvalue weighted by molar-refractivity contribution is 0.174. The molecule has 0 amide bonds. The topological polar surface area (TPSA) is 94.4 Å². The van der Waals surface area contributed by atoms with Crippen molar-refractivity contribution in [2.45, 2.75) is 6.54 Å². The standard InChI is InChI=1S/C20H27N5O4/c26-11-9-24(10-12-27)19-3-4-21-20(22-19)25-7-5-23(6-8-25)14-16-1-2-17-18(13-16)29-15-28-17/h1-4,13,26-27H,5-12,14-15H2. The van der Waals surface area contributed by atoms with Crippen LogP contribution in [0.3, 0.4) is 0 Å². The summed E-state index contributed by atoms with van der Waals surface area (Å²) in [6, 6.07) is 7.92. The number of hydrogen-bond donors (Lipinski definition) is 2. The Hall–Kier alpha value is -2.62. The van der Waals surface area contributed by atoms with Gasteiger partial charge >= 0.3 is 0 Å². The number of ether oxygens (including phenoxy) is 2. The molecule has 2 N–H and O–H groups in total. The van der Waals surface area contributed by atoms with Crippen LogP contribution in [0.1, 0.15) is 5.56 Å². The van der Waals surface area contributed by atoms with Gasteiger partial charge in [0.05, 0.1) is 13.2 Å². The van der Waals surface area contributed by atoms with E-state index in [-0.39, 0.29) is 13.2 Å². The molecule has 0 saturated carbocycles. The maximum Gasteiger partial charge on any atom is 0.231 e. The van der Waals surface area contributed by atoms with Crippen molar-refractivity contribution >= 4 is 11.8 Å². The van der Waals surface area contributed by atoms with Crippen LogP contribution in [0.15, 0.2) is 30.5 Å². The molecule has 0 atom stereocenters. The Morgan fingerprint density at radius 1 is 0.966 bits per heavy atom. The van der Waals surface area contributed by atoms with Crippen molar-refractivity contribution in [2.75, 3.05) is 69.1 Å². The van der Waals surface area contributed by atoms with E-state index in [1.54, 1.807) is 6.20 Å². The van der Waals surface area contributed by atoms with E-state index in [1.807, 2.05) is 17.0 Å². The van der Waals surface area contributed by atoms with Gasteiger partial charge in [0.2, 0.25) is 12.7 Å². The van der Waals surface area contributed by atoms with Crippen molar-refractivity contribution in [3.05, 3.63) is 36.0 Å². The molecule has 1 fully saturated rings. The van der Waals surface area contributed by atoms with Gasteiger partial charge in [-0.05, 0) is 23.8 Å². The van der Waals surface area contributed by atoms with Gasteiger partial charge in [-0.2, -0.15) is 4.98 Å². The highest BCUT2D eigenvalue weighted by Gasteiger charge is 2.21. The van der Waals surface area contributed by atoms with Gasteiger partial charge in [0.25, 0.3) is 0 Å². The van der Waals surface area contributed by atoms with Crippen LogP contribution in [0.2, 0.25) is 0 Å². The van der Waals surface area contributed by atoms with Crippen LogP contribution >= 0.6 is 0 Å². The van der Waals surface area contributed by atoms with E-state index < -0.39 is 0 Å². The van der Waals surface area contributed by atoms with Crippen molar-refractivity contribution in [1.82, 2.24) is 14.9 Å². The number of nitrogens with zero attached hydrogens (tertiary/aromatic N) is 5. The first kappa shape index (κ1) is 19.7. The molecule has 0 radical (unpaired) electrons. The quantitative estimate of drug-likeness (QED) is 0.648. The molecule has 0 spiro atoms. The summed E-state index contributed by atoms with van der Waals surface area (Å²) in [6.07, 6.45) is 1.73. The third-order valence-corrected chi connectivity index (χ3v) is 5.19. The Balaban J connectivity index is 1.35. The van der Waals surface area contributed by atoms with Crippen molar-refractivity contribution in [3.63, 3.8) is 0 Å². The van der Waals surface area contributed by atoms with Crippen LogP contribution in [-0.2, 0) is 6.54 Å². The number of benzene rings is 1. The largest absolute Gasteiger partial charge is 0.454 e. The highest BCUT2D eigenvalue weighted by molar-refractivity contribution is 5.45. The van der Waals surface area contributed by atoms with E-state index >= 15 is 0 Å². The summed E-state index contributed by atoms with van der Waals surface area (Å²) in [4.78, 5) is 15.5. The lowest BCUT2D eigenvalue weighted by atomic mass is 10.1. The average Bonchev–Trinajstić information content (AvgIpc) is 3.22. The zero-order valence-electron chi connectivity index (χ0n) is 16.4. The second kappa shape index (κ2) is 9.25. The number of rotatable bonds is 8. The molecule has 3 heterocycles. The summed E-state index contributed by atoms with van der Waals surface area (Å²) in [5, 5.41) is 18.5. The Kier molecular flexibility index (Phi) is 6.28. The Morgan fingerprint density at radius 3 is 2.48 bits per heavy atom. The number of fused-ring (bicyclic) bond motifs is 1. The van der Waals surface area contributed by atoms with E-state index in [1.165, 1.54) is 5.56 Å². The molecule has 156 valence electrons. The maximum atomic E-state index is 9.25. The Labute approximate surface area is 170 Å². The third-order valence-electron chi connectivity index (χ3n) is 5.19. The summed E-state index contributed by atoms with van der Waals surface area (Å²) in [5.41, 5.74) is 1.21. The monoisotopic (exact) mass is 401 g/mol. The molecular weight excluding hydrogens is 374 g/mol. The number of aliphatic hydroxyl groups excluding tert-OH is 2. The minimum Gasteiger partial charge on any atom is -0.454 e. The summed E-state index contributed by atoms with van der Waals surface area (Å²) >= 11 is 0. The Bertz CT molecular complexity index is 807. The molecule has 2 aliphatic rings. The van der Waals surface area contributed by atoms with E-state index in [0.29, 0.717) is 25.8 Å². The van der Waals surface area contributed by atoms with Crippen LogP contribution in [0.4, 0.5) is 11.8 Å². The molecule has 2 aliphatic heterocycles. The van der Waals surface area contributed by atoms with E-state index in [9.17, 15) is 10.2 Å². The molecule has 2 aromatic rings. The van der Waals surface area contributed by atoms with Crippen molar-refractivity contribution in [1.29, 1.82) is 0 Å². The first-order chi connectivity index (χ1) is 14.3. The second-order valence-corrected chi connectivity index (χ2v) is 7.10. The number of hydrogen-bond acceptors (Lipinski definition) is 9. The van der Waals surface area contributed by atoms with E-state index in [4.69, 9.17) is 9.47 Å². The predicted octanol–water partition coefficient (Wildman–Crippen LogP) is 0.318. The van der Waals surface area contributed by atoms with Crippen LogP contribution in [-0.4, -0.2) is 84.4 Å². The SMILES string of the molecule is OCCN(CCO)c1ccnc(N2CCN(Cc3ccc4c(c3)OCO4)CC2)n1. The zero-order chi connectivity index (χ0) is 20.1. The van der Waals surface area contributed by atoms with Gasteiger partial charge in [0, 0.05) is 52.0 Å². The molecule has 1 aromatic carbocycles. The van der Waals surface area contributed by atoms with Gasteiger partial charge in [-0.3, -0.25) is 4.90 Å². The van der Waals surface area contributed by atoms with Gasteiger partial charge in [0.15, 0.2) is 11.5 Å². The number of aromatic nitrogens is 2. The fourth-order valence-corrected chi connectivity index (χ4v) is 3.65. The lowest BCUT2D eigenvalue weighted by Gasteiger charge is -2.35. The average molecular weight is 401 g/mol. The predicted molar refractivity (Wildman–Crippen MR) is 108 cm³/mol. The molecule has 1 saturated heterocycles. The summed E-state index contributed by atoms with van der Waals surface area (Å²) in [7, 11) is 0. The summed E-state index contributed by atoms with van der Waals surface area (Å²) < 4.78 is 10.8. The van der Waals surface area contributed by atoms with Gasteiger partial charge in [-0.25, -0.2) is 4.98 Å². The molecule has 9 heteroatoms. The van der Waals surface area contributed by atoms with Gasteiger partial charge in [-0.1, -0.05) is 6.07 Å². The maximum absolute atomic E-state index is 9.25. The highest BCUT2D eigenvalue weighted by atomic mass is 16.7. The molecule has 9 nitrogen and oxygen atoms in total. The van der Waals surface area contributed by atoms with Gasteiger partial charge in [-0.15, -0.1) is 0 Å². The van der Waals surface area contributed by atoms with Crippen molar-refractivity contribution in [2.24, 2.45) is 0 Å². The smallest absolute Gasteiger partial charge is 0.231 e. The molecule has 4 rings (SSSR count). The first-order valence-electron chi connectivity index (χ1n) is 9.92. The van der Waals surface area contributed by atoms with Gasteiger partial charge in [0.1, 0.15) is 5.82 Å². The van der Waals surface area contributed by atoms with E-state index in [0.717, 1.165) is 50.0 Å². The number of piperazine rings is 1. The normalized spacial score (nSPS) is 16.3. The fourth-order valence-electron chi connectivity index (χ4n) is 3.65. The van der Waals surface area contributed by atoms with Crippen LogP contribution in [0.25, 0.3) is 0 Å². The molecule has 0 bridgehead atoms. The second-order valence-electron chi connectivity index (χ2n) is 7.10. The zero-order valence-corrected chi connectivity index (χ0v) is 16.4. The van der Waals surface area contributed by atoms with Gasteiger partial charge < -0.3 is 29.5 Å². The van der Waals surface area contributed by atoms with Crippen LogP contribution < -0.4 is 19.3 Å². The van der Waals surface area contributed by atoms with Crippen molar-refractivity contribution < 1.29 is 19.7 Å². The highest BCUT2D eigenvalue weighted by Crippen LogP contribution is 2.32. The molecule has 0 aliphatic carbocycles. The van der Waals surface area contributed by atoms with Crippen LogP contribution in [0.5, 0.6) is 11.5 Å². The van der Waals surface area contributed by atoms with Crippen molar-refractivity contribution in [3.8, 4) is 11.5 Å². The van der Waals surface area contributed by atoms with Crippen LogP contribution in [0, 0.1) is 0 Å². The Morgan fingerprint density at radius 2 is 1.72 bits per heavy atom. The first-order valence-corrected chi connectivity index (χ1v) is 9.92. The lowest BCUT2D eigenvalue weighted by Crippen LogP contribution is -2.46. The number of anilines is 2. The molecule has 0 unspecified atom stereocenters. The minimum atomic E-state index is 0.0118. The molecule has 29 heavy (non-hydrogen) atoms. The number of aliphatic hydroxyl groups is 2.